The van der Waals surface area contributed by atoms with Gasteiger partial charge in [-0.25, -0.2) is 4.79 Å². The fourth-order valence-corrected chi connectivity index (χ4v) is 5.20. The van der Waals surface area contributed by atoms with E-state index in [0.717, 1.165) is 58.8 Å². The van der Waals surface area contributed by atoms with Crippen molar-refractivity contribution in [2.45, 2.75) is 78.5 Å². The van der Waals surface area contributed by atoms with Gasteiger partial charge in [0.2, 0.25) is 0 Å². The molecule has 35 heavy (non-hydrogen) atoms. The van der Waals surface area contributed by atoms with Crippen LogP contribution >= 0.6 is 0 Å². The van der Waals surface area contributed by atoms with Crippen LogP contribution in [0.25, 0.3) is 11.3 Å². The van der Waals surface area contributed by atoms with E-state index in [1.54, 1.807) is 0 Å². The average Bonchev–Trinajstić information content (AvgIpc) is 3.14. The Labute approximate surface area is 211 Å². The van der Waals surface area contributed by atoms with Gasteiger partial charge in [-0.15, -0.1) is 0 Å². The fourth-order valence-electron chi connectivity index (χ4n) is 5.20. The van der Waals surface area contributed by atoms with Crippen molar-refractivity contribution in [3.8, 4) is 11.3 Å². The van der Waals surface area contributed by atoms with E-state index >= 15 is 0 Å². The number of hydrogen-bond acceptors (Lipinski definition) is 4. The average molecular weight is 482 g/mol. The zero-order valence-electron chi connectivity index (χ0n) is 22.5. The summed E-state index contributed by atoms with van der Waals surface area (Å²) in [5.41, 5.74) is 6.19. The quantitative estimate of drug-likeness (QED) is 0.526. The molecule has 0 spiro atoms. The van der Waals surface area contributed by atoms with Crippen LogP contribution in [0.3, 0.4) is 0 Å². The molecule has 6 nitrogen and oxygen atoms in total. The Morgan fingerprint density at radius 3 is 2.26 bits per heavy atom. The van der Waals surface area contributed by atoms with Crippen molar-refractivity contribution in [1.82, 2.24) is 14.4 Å². The number of hydrogen-bond donors (Lipinski definition) is 0. The van der Waals surface area contributed by atoms with E-state index in [-0.39, 0.29) is 6.09 Å². The molecule has 6 heteroatoms. The SMILES string of the molecule is Cc1c(CN2CCOCC2)cc(-c2ccc(C(C)C)cc2)n1C1CCN(C(=O)OC(C)(C)C)CC1. The highest BCUT2D eigenvalue weighted by atomic mass is 16.6. The Hall–Kier alpha value is -2.31. The van der Waals surface area contributed by atoms with Crippen LogP contribution in [-0.2, 0) is 16.0 Å². The molecule has 0 unspecified atom stereocenters. The highest BCUT2D eigenvalue weighted by molar-refractivity contribution is 5.68. The molecular formula is C29H43N3O3. The second-order valence-electron chi connectivity index (χ2n) is 11.4. The molecule has 1 aromatic heterocycles. The third-order valence-corrected chi connectivity index (χ3v) is 7.25. The number of rotatable bonds is 5. The van der Waals surface area contributed by atoms with Crippen LogP contribution < -0.4 is 0 Å². The summed E-state index contributed by atoms with van der Waals surface area (Å²) >= 11 is 0. The smallest absolute Gasteiger partial charge is 0.410 e. The topological polar surface area (TPSA) is 46.9 Å². The number of likely N-dealkylation sites (tertiary alicyclic amines) is 1. The highest BCUT2D eigenvalue weighted by Gasteiger charge is 2.30. The van der Waals surface area contributed by atoms with Gasteiger partial charge in [-0.1, -0.05) is 38.1 Å². The summed E-state index contributed by atoms with van der Waals surface area (Å²) in [6, 6.07) is 11.8. The van der Waals surface area contributed by atoms with E-state index < -0.39 is 5.60 Å². The predicted octanol–water partition coefficient (Wildman–Crippen LogP) is 5.99. The Morgan fingerprint density at radius 1 is 1.06 bits per heavy atom. The van der Waals surface area contributed by atoms with E-state index in [1.807, 2.05) is 25.7 Å². The maximum absolute atomic E-state index is 12.6. The Balaban J connectivity index is 1.59. The number of amides is 1. The molecule has 0 bridgehead atoms. The summed E-state index contributed by atoms with van der Waals surface area (Å²) in [6.45, 7) is 18.5. The first-order valence-electron chi connectivity index (χ1n) is 13.2. The maximum atomic E-state index is 12.6. The van der Waals surface area contributed by atoms with Gasteiger partial charge in [0, 0.05) is 50.2 Å². The molecular weight excluding hydrogens is 438 g/mol. The molecule has 2 aromatic rings. The number of nitrogens with zero attached hydrogens (tertiary/aromatic N) is 3. The number of carbonyl (C=O) groups excluding carboxylic acids is 1. The Bertz CT molecular complexity index is 989. The van der Waals surface area contributed by atoms with Gasteiger partial charge in [0.05, 0.1) is 13.2 Å². The molecule has 2 aliphatic heterocycles. The maximum Gasteiger partial charge on any atom is 0.410 e. The first-order valence-corrected chi connectivity index (χ1v) is 13.2. The molecule has 0 radical (unpaired) electrons. The summed E-state index contributed by atoms with van der Waals surface area (Å²) < 4.78 is 13.7. The zero-order chi connectivity index (χ0) is 25.2. The fraction of sp³-hybridized carbons (Fsp3) is 0.621. The van der Waals surface area contributed by atoms with E-state index in [4.69, 9.17) is 9.47 Å². The number of piperidine rings is 1. The molecule has 0 N–H and O–H groups in total. The first-order chi connectivity index (χ1) is 16.6. The summed E-state index contributed by atoms with van der Waals surface area (Å²) in [5, 5.41) is 0. The second kappa shape index (κ2) is 10.8. The van der Waals surface area contributed by atoms with Gasteiger partial charge in [-0.3, -0.25) is 4.90 Å². The lowest BCUT2D eigenvalue weighted by atomic mass is 10.00. The minimum Gasteiger partial charge on any atom is -0.444 e. The van der Waals surface area contributed by atoms with E-state index in [1.165, 1.54) is 28.1 Å². The lowest BCUT2D eigenvalue weighted by Crippen LogP contribution is -2.42. The molecule has 0 aliphatic carbocycles. The molecule has 1 amide bonds. The minimum atomic E-state index is -0.464. The van der Waals surface area contributed by atoms with Crippen LogP contribution in [-0.4, -0.2) is 65.5 Å². The van der Waals surface area contributed by atoms with E-state index in [2.05, 4.69) is 60.6 Å². The van der Waals surface area contributed by atoms with Gasteiger partial charge in [-0.05, 0) is 69.2 Å². The standard InChI is InChI=1S/C29H43N3O3/c1-21(2)23-7-9-24(10-8-23)27-19-25(20-30-15-17-34-18-16-30)22(3)32(27)26-11-13-31(14-12-26)28(33)35-29(4,5)6/h7-10,19,21,26H,11-18,20H2,1-6H3. The van der Waals surface area contributed by atoms with Crippen molar-refractivity contribution >= 4 is 6.09 Å². The van der Waals surface area contributed by atoms with Crippen molar-refractivity contribution in [2.75, 3.05) is 39.4 Å². The number of benzene rings is 1. The lowest BCUT2D eigenvalue weighted by Gasteiger charge is -2.35. The normalized spacial score (nSPS) is 18.3. The minimum absolute atomic E-state index is 0.197. The van der Waals surface area contributed by atoms with Crippen molar-refractivity contribution in [2.24, 2.45) is 0 Å². The van der Waals surface area contributed by atoms with Crippen LogP contribution in [0.5, 0.6) is 0 Å². The number of carbonyl (C=O) groups is 1. The Kier molecular flexibility index (Phi) is 7.92. The van der Waals surface area contributed by atoms with E-state index in [0.29, 0.717) is 12.0 Å². The summed E-state index contributed by atoms with van der Waals surface area (Å²) in [5.74, 6) is 0.520. The third-order valence-electron chi connectivity index (χ3n) is 7.25. The number of morpholine rings is 1. The van der Waals surface area contributed by atoms with Crippen molar-refractivity contribution in [3.63, 3.8) is 0 Å². The molecule has 4 rings (SSSR count). The van der Waals surface area contributed by atoms with Crippen LogP contribution in [0.1, 0.15) is 76.2 Å². The van der Waals surface area contributed by atoms with Gasteiger partial charge < -0.3 is 18.9 Å². The van der Waals surface area contributed by atoms with Gasteiger partial charge in [0.1, 0.15) is 5.60 Å². The molecule has 192 valence electrons. The monoisotopic (exact) mass is 481 g/mol. The van der Waals surface area contributed by atoms with Crippen LogP contribution in [0, 0.1) is 6.92 Å². The van der Waals surface area contributed by atoms with Gasteiger partial charge in [0.15, 0.2) is 0 Å². The van der Waals surface area contributed by atoms with Crippen molar-refractivity contribution in [1.29, 1.82) is 0 Å². The van der Waals surface area contributed by atoms with Gasteiger partial charge >= 0.3 is 6.09 Å². The highest BCUT2D eigenvalue weighted by Crippen LogP contribution is 2.35. The second-order valence-corrected chi connectivity index (χ2v) is 11.4. The van der Waals surface area contributed by atoms with Gasteiger partial charge in [-0.2, -0.15) is 0 Å². The lowest BCUT2D eigenvalue weighted by molar-refractivity contribution is 0.0188. The first kappa shape index (κ1) is 25.8. The van der Waals surface area contributed by atoms with Crippen LogP contribution in [0.4, 0.5) is 4.79 Å². The summed E-state index contributed by atoms with van der Waals surface area (Å²) in [4.78, 5) is 17.0. The Morgan fingerprint density at radius 2 is 1.69 bits per heavy atom. The molecule has 2 fully saturated rings. The van der Waals surface area contributed by atoms with Crippen molar-refractivity contribution < 1.29 is 14.3 Å². The van der Waals surface area contributed by atoms with Crippen LogP contribution in [0.15, 0.2) is 30.3 Å². The van der Waals surface area contributed by atoms with Gasteiger partial charge in [0.25, 0.3) is 0 Å². The van der Waals surface area contributed by atoms with Crippen LogP contribution in [0.2, 0.25) is 0 Å². The zero-order valence-corrected chi connectivity index (χ0v) is 22.5. The summed E-state index contributed by atoms with van der Waals surface area (Å²) in [6.07, 6.45) is 1.67. The number of aromatic nitrogens is 1. The van der Waals surface area contributed by atoms with Crippen molar-refractivity contribution in [3.05, 3.63) is 47.2 Å². The summed E-state index contributed by atoms with van der Waals surface area (Å²) in [7, 11) is 0. The molecule has 0 saturated carbocycles. The number of ether oxygens (including phenoxy) is 2. The molecule has 2 aliphatic rings. The third kappa shape index (κ3) is 6.28. The molecule has 0 atom stereocenters. The largest absolute Gasteiger partial charge is 0.444 e. The molecule has 3 heterocycles. The molecule has 2 saturated heterocycles. The van der Waals surface area contributed by atoms with E-state index in [9.17, 15) is 4.79 Å². The molecule has 1 aromatic carbocycles. The predicted molar refractivity (Wildman–Crippen MR) is 141 cm³/mol.